The zero-order valence-corrected chi connectivity index (χ0v) is 11.8. The number of aromatic nitrogens is 4. The number of rotatable bonds is 4. The van der Waals surface area contributed by atoms with E-state index in [1.807, 2.05) is 29.5 Å². The van der Waals surface area contributed by atoms with E-state index in [2.05, 4.69) is 29.2 Å². The van der Waals surface area contributed by atoms with Crippen molar-refractivity contribution < 1.29 is 0 Å². The van der Waals surface area contributed by atoms with E-state index in [0.717, 1.165) is 11.4 Å². The first-order chi connectivity index (χ1) is 8.56. The molecule has 1 unspecified atom stereocenters. The van der Waals surface area contributed by atoms with Gasteiger partial charge >= 0.3 is 0 Å². The van der Waals surface area contributed by atoms with E-state index in [-0.39, 0.29) is 12.1 Å². The minimum Gasteiger partial charge on any atom is -0.336 e. The van der Waals surface area contributed by atoms with Gasteiger partial charge in [-0.25, -0.2) is 4.98 Å². The molecule has 1 N–H and O–H groups in total. The fourth-order valence-electron chi connectivity index (χ4n) is 2.10. The van der Waals surface area contributed by atoms with Crippen LogP contribution in [-0.2, 0) is 7.05 Å². The molecule has 0 spiro atoms. The molecule has 0 aromatic carbocycles. The first kappa shape index (κ1) is 13.1. The van der Waals surface area contributed by atoms with E-state index in [0.29, 0.717) is 5.02 Å². The molecule has 0 radical (unpaired) electrons. The van der Waals surface area contributed by atoms with Crippen LogP contribution in [0.15, 0.2) is 18.7 Å². The zero-order valence-electron chi connectivity index (χ0n) is 11.1. The lowest BCUT2D eigenvalue weighted by atomic mass is 10.1. The van der Waals surface area contributed by atoms with E-state index in [9.17, 15) is 0 Å². The van der Waals surface area contributed by atoms with Gasteiger partial charge in [-0.2, -0.15) is 5.10 Å². The molecule has 0 aliphatic heterocycles. The Balaban J connectivity index is 2.52. The van der Waals surface area contributed by atoms with E-state index < -0.39 is 0 Å². The molecule has 6 heteroatoms. The summed E-state index contributed by atoms with van der Waals surface area (Å²) in [4.78, 5) is 4.15. The second-order valence-electron chi connectivity index (χ2n) is 4.57. The van der Waals surface area contributed by atoms with Crippen LogP contribution in [0.1, 0.15) is 37.3 Å². The number of imidazole rings is 1. The average molecular weight is 268 g/mol. The van der Waals surface area contributed by atoms with E-state index in [1.165, 1.54) is 0 Å². The van der Waals surface area contributed by atoms with Gasteiger partial charge in [-0.15, -0.1) is 0 Å². The van der Waals surface area contributed by atoms with Gasteiger partial charge in [0.05, 0.1) is 41.2 Å². The Hall–Kier alpha value is -1.33. The highest BCUT2D eigenvalue weighted by Gasteiger charge is 2.23. The Morgan fingerprint density at radius 2 is 2.06 bits per heavy atom. The number of nitrogens with one attached hydrogen (secondary N) is 1. The van der Waals surface area contributed by atoms with Gasteiger partial charge in [0, 0.05) is 13.1 Å². The summed E-state index contributed by atoms with van der Waals surface area (Å²) in [6.07, 6.45) is 5.32. The lowest BCUT2D eigenvalue weighted by molar-refractivity contribution is 0.477. The molecule has 1 atom stereocenters. The Kier molecular flexibility index (Phi) is 3.73. The van der Waals surface area contributed by atoms with Gasteiger partial charge in [-0.05, 0) is 20.9 Å². The standard InChI is InChI=1S/C12H18ClN5/c1-8(2)18-12(9(13)5-16-18)11(14-3)10-6-15-7-17(10)4/h5-8,11,14H,1-4H3. The fourth-order valence-corrected chi connectivity index (χ4v) is 2.34. The maximum absolute atomic E-state index is 6.28. The van der Waals surface area contributed by atoms with Crippen molar-refractivity contribution in [2.24, 2.45) is 7.05 Å². The van der Waals surface area contributed by atoms with Gasteiger partial charge in [-0.3, -0.25) is 4.68 Å². The lowest BCUT2D eigenvalue weighted by Crippen LogP contribution is -2.24. The summed E-state index contributed by atoms with van der Waals surface area (Å²) in [5.74, 6) is 0. The van der Waals surface area contributed by atoms with Crippen molar-refractivity contribution in [3.63, 3.8) is 0 Å². The third-order valence-corrected chi connectivity index (χ3v) is 3.28. The van der Waals surface area contributed by atoms with Crippen molar-refractivity contribution in [1.82, 2.24) is 24.6 Å². The predicted molar refractivity (Wildman–Crippen MR) is 71.7 cm³/mol. The molecule has 0 aliphatic rings. The minimum atomic E-state index is -0.0186. The highest BCUT2D eigenvalue weighted by atomic mass is 35.5. The van der Waals surface area contributed by atoms with Crippen molar-refractivity contribution in [2.45, 2.75) is 25.9 Å². The number of hydrogen-bond acceptors (Lipinski definition) is 3. The first-order valence-corrected chi connectivity index (χ1v) is 6.30. The fraction of sp³-hybridized carbons (Fsp3) is 0.500. The van der Waals surface area contributed by atoms with Crippen molar-refractivity contribution in [1.29, 1.82) is 0 Å². The number of aryl methyl sites for hydroxylation is 1. The van der Waals surface area contributed by atoms with Crippen molar-refractivity contribution in [3.05, 3.63) is 35.1 Å². The molecule has 5 nitrogen and oxygen atoms in total. The Morgan fingerprint density at radius 3 is 2.56 bits per heavy atom. The third kappa shape index (κ3) is 2.15. The SMILES string of the molecule is CNC(c1cncn1C)c1c(Cl)cnn1C(C)C. The minimum absolute atomic E-state index is 0.0186. The molecule has 18 heavy (non-hydrogen) atoms. The topological polar surface area (TPSA) is 47.7 Å². The molecular formula is C12H18ClN5. The largest absolute Gasteiger partial charge is 0.336 e. The molecule has 0 amide bonds. The van der Waals surface area contributed by atoms with Gasteiger partial charge in [-0.1, -0.05) is 11.6 Å². The normalized spacial score (nSPS) is 13.2. The first-order valence-electron chi connectivity index (χ1n) is 5.92. The van der Waals surface area contributed by atoms with E-state index in [4.69, 9.17) is 11.6 Å². The second kappa shape index (κ2) is 5.12. The van der Waals surface area contributed by atoms with Crippen LogP contribution in [0.2, 0.25) is 5.02 Å². The average Bonchev–Trinajstić information content (AvgIpc) is 2.89. The number of nitrogens with zero attached hydrogens (tertiary/aromatic N) is 4. The monoisotopic (exact) mass is 267 g/mol. The second-order valence-corrected chi connectivity index (χ2v) is 4.97. The summed E-state index contributed by atoms with van der Waals surface area (Å²) in [5.41, 5.74) is 2.03. The summed E-state index contributed by atoms with van der Waals surface area (Å²) < 4.78 is 3.92. The summed E-state index contributed by atoms with van der Waals surface area (Å²) in [7, 11) is 3.88. The number of hydrogen-bond donors (Lipinski definition) is 1. The highest BCUT2D eigenvalue weighted by molar-refractivity contribution is 6.31. The molecule has 0 saturated carbocycles. The molecule has 0 saturated heterocycles. The maximum atomic E-state index is 6.28. The van der Waals surface area contributed by atoms with Crippen molar-refractivity contribution >= 4 is 11.6 Å². The smallest absolute Gasteiger partial charge is 0.0946 e. The highest BCUT2D eigenvalue weighted by Crippen LogP contribution is 2.29. The Labute approximate surface area is 112 Å². The molecule has 0 fully saturated rings. The van der Waals surface area contributed by atoms with Gasteiger partial charge < -0.3 is 9.88 Å². The Morgan fingerprint density at radius 1 is 1.33 bits per heavy atom. The van der Waals surface area contributed by atoms with Crippen LogP contribution in [0.25, 0.3) is 0 Å². The summed E-state index contributed by atoms with van der Waals surface area (Å²) in [6.45, 7) is 4.17. The molecule has 2 aromatic heterocycles. The summed E-state index contributed by atoms with van der Waals surface area (Å²) in [5, 5.41) is 8.29. The third-order valence-electron chi connectivity index (χ3n) is 2.99. The van der Waals surface area contributed by atoms with E-state index in [1.54, 1.807) is 12.5 Å². The predicted octanol–water partition coefficient (Wildman–Crippen LogP) is 2.16. The van der Waals surface area contributed by atoms with Crippen LogP contribution in [-0.4, -0.2) is 26.4 Å². The molecule has 2 aromatic rings. The Bertz CT molecular complexity index is 528. The quantitative estimate of drug-likeness (QED) is 0.924. The van der Waals surface area contributed by atoms with Crippen LogP contribution < -0.4 is 5.32 Å². The van der Waals surface area contributed by atoms with Crippen LogP contribution in [0.3, 0.4) is 0 Å². The van der Waals surface area contributed by atoms with Crippen molar-refractivity contribution in [2.75, 3.05) is 7.05 Å². The molecule has 2 rings (SSSR count). The molecule has 0 aliphatic carbocycles. The molecule has 2 heterocycles. The van der Waals surface area contributed by atoms with Crippen LogP contribution in [0.4, 0.5) is 0 Å². The molecule has 0 bridgehead atoms. The van der Waals surface area contributed by atoms with Crippen LogP contribution >= 0.6 is 11.6 Å². The zero-order chi connectivity index (χ0) is 13.3. The van der Waals surface area contributed by atoms with Gasteiger partial charge in [0.1, 0.15) is 0 Å². The maximum Gasteiger partial charge on any atom is 0.0946 e. The summed E-state index contributed by atoms with van der Waals surface area (Å²) in [6, 6.07) is 0.242. The summed E-state index contributed by atoms with van der Waals surface area (Å²) >= 11 is 6.28. The van der Waals surface area contributed by atoms with Gasteiger partial charge in [0.25, 0.3) is 0 Å². The molecular weight excluding hydrogens is 250 g/mol. The van der Waals surface area contributed by atoms with Gasteiger partial charge in [0.15, 0.2) is 0 Å². The van der Waals surface area contributed by atoms with Crippen molar-refractivity contribution in [3.8, 4) is 0 Å². The molecule has 98 valence electrons. The van der Waals surface area contributed by atoms with Crippen LogP contribution in [0, 0.1) is 0 Å². The van der Waals surface area contributed by atoms with Gasteiger partial charge in [0.2, 0.25) is 0 Å². The van der Waals surface area contributed by atoms with E-state index >= 15 is 0 Å². The van der Waals surface area contributed by atoms with Crippen LogP contribution in [0.5, 0.6) is 0 Å². The lowest BCUT2D eigenvalue weighted by Gasteiger charge is -2.20. The number of halogens is 1.